The van der Waals surface area contributed by atoms with Gasteiger partial charge in [0, 0.05) is 11.4 Å². The Hall–Kier alpha value is -2.22. The van der Waals surface area contributed by atoms with E-state index >= 15 is 0 Å². The Morgan fingerprint density at radius 3 is 3.00 bits per heavy atom. The molecule has 2 N–H and O–H groups in total. The lowest BCUT2D eigenvalue weighted by Crippen LogP contribution is -2.42. The second-order valence-corrected chi connectivity index (χ2v) is 7.60. The molecular formula is C17H22N4O3S. The highest BCUT2D eigenvalue weighted by atomic mass is 32.1. The summed E-state index contributed by atoms with van der Waals surface area (Å²) in [6, 6.07) is -0.546. The number of imide groups is 1. The minimum atomic E-state index is -0.546. The SMILES string of the molecule is CCCNC(=O)NC(=O)Cn1cnc2sc3c(c2c1=O)CCC(C)C3. The number of amides is 3. The third kappa shape index (κ3) is 3.73. The van der Waals surface area contributed by atoms with Gasteiger partial charge in [-0.1, -0.05) is 13.8 Å². The Morgan fingerprint density at radius 2 is 2.24 bits per heavy atom. The number of carbonyl (C=O) groups is 2. The standard InChI is InChI=1S/C17H22N4O3S/c1-3-6-18-17(24)20-13(22)8-21-9-19-15-14(16(21)23)11-5-4-10(2)7-12(11)25-15/h9-10H,3-8H2,1-2H3,(H2,18,20,22,24). The molecule has 0 saturated carbocycles. The van der Waals surface area contributed by atoms with Gasteiger partial charge in [0.05, 0.1) is 11.7 Å². The molecule has 134 valence electrons. The van der Waals surface area contributed by atoms with E-state index in [1.54, 1.807) is 11.3 Å². The molecule has 0 bridgehead atoms. The molecule has 1 unspecified atom stereocenters. The number of fused-ring (bicyclic) bond motifs is 3. The van der Waals surface area contributed by atoms with E-state index in [2.05, 4.69) is 22.5 Å². The fourth-order valence-corrected chi connectivity index (χ4v) is 4.42. The van der Waals surface area contributed by atoms with Gasteiger partial charge in [0.2, 0.25) is 5.91 Å². The summed E-state index contributed by atoms with van der Waals surface area (Å²) >= 11 is 1.58. The lowest BCUT2D eigenvalue weighted by molar-refractivity contribution is -0.120. The first-order valence-electron chi connectivity index (χ1n) is 8.57. The van der Waals surface area contributed by atoms with Crippen LogP contribution in [0.2, 0.25) is 0 Å². The van der Waals surface area contributed by atoms with Crippen molar-refractivity contribution in [3.63, 3.8) is 0 Å². The Morgan fingerprint density at radius 1 is 1.44 bits per heavy atom. The van der Waals surface area contributed by atoms with Gasteiger partial charge in [-0.15, -0.1) is 11.3 Å². The number of rotatable bonds is 4. The number of hydrogen-bond acceptors (Lipinski definition) is 5. The van der Waals surface area contributed by atoms with Crippen LogP contribution in [0.25, 0.3) is 10.2 Å². The second-order valence-electron chi connectivity index (χ2n) is 6.51. The summed E-state index contributed by atoms with van der Waals surface area (Å²) in [6.45, 7) is 4.41. The van der Waals surface area contributed by atoms with Crippen molar-refractivity contribution < 1.29 is 9.59 Å². The van der Waals surface area contributed by atoms with Crippen LogP contribution in [0.5, 0.6) is 0 Å². The zero-order valence-electron chi connectivity index (χ0n) is 14.4. The largest absolute Gasteiger partial charge is 0.338 e. The monoisotopic (exact) mass is 362 g/mol. The molecule has 2 aromatic heterocycles. The number of thiophene rings is 1. The molecule has 1 atom stereocenters. The van der Waals surface area contributed by atoms with Crippen molar-refractivity contribution in [3.05, 3.63) is 27.1 Å². The summed E-state index contributed by atoms with van der Waals surface area (Å²) in [5.74, 6) is 0.0878. The maximum absolute atomic E-state index is 12.8. The van der Waals surface area contributed by atoms with Crippen LogP contribution < -0.4 is 16.2 Å². The molecule has 0 saturated heterocycles. The number of aryl methyl sites for hydroxylation is 1. The summed E-state index contributed by atoms with van der Waals surface area (Å²) in [5.41, 5.74) is 0.882. The van der Waals surface area contributed by atoms with E-state index < -0.39 is 11.9 Å². The summed E-state index contributed by atoms with van der Waals surface area (Å²) in [5, 5.41) is 5.43. The van der Waals surface area contributed by atoms with Crippen molar-refractivity contribution in [2.45, 2.75) is 46.1 Å². The van der Waals surface area contributed by atoms with E-state index in [1.807, 2.05) is 6.92 Å². The van der Waals surface area contributed by atoms with Crippen LogP contribution in [0.1, 0.15) is 37.1 Å². The molecule has 1 aliphatic rings. The quantitative estimate of drug-likeness (QED) is 0.868. The van der Waals surface area contributed by atoms with Gasteiger partial charge in [0.25, 0.3) is 5.56 Å². The molecule has 0 aromatic carbocycles. The molecule has 25 heavy (non-hydrogen) atoms. The highest BCUT2D eigenvalue weighted by molar-refractivity contribution is 7.18. The third-order valence-electron chi connectivity index (χ3n) is 4.38. The average molecular weight is 362 g/mol. The Balaban J connectivity index is 1.81. The normalized spacial score (nSPS) is 16.5. The first-order valence-corrected chi connectivity index (χ1v) is 9.38. The first kappa shape index (κ1) is 17.6. The molecule has 3 amide bonds. The lowest BCUT2D eigenvalue weighted by atomic mass is 9.89. The van der Waals surface area contributed by atoms with E-state index in [4.69, 9.17) is 0 Å². The zero-order chi connectivity index (χ0) is 18.0. The Kier molecular flexibility index (Phi) is 5.17. The van der Waals surface area contributed by atoms with Crippen LogP contribution >= 0.6 is 11.3 Å². The van der Waals surface area contributed by atoms with E-state index in [0.717, 1.165) is 36.1 Å². The van der Waals surface area contributed by atoms with Crippen molar-refractivity contribution >= 4 is 33.5 Å². The van der Waals surface area contributed by atoms with Crippen molar-refractivity contribution in [1.82, 2.24) is 20.2 Å². The fourth-order valence-electron chi connectivity index (χ4n) is 3.08. The predicted molar refractivity (Wildman–Crippen MR) is 96.9 cm³/mol. The van der Waals surface area contributed by atoms with E-state index in [9.17, 15) is 14.4 Å². The van der Waals surface area contributed by atoms with Gasteiger partial charge < -0.3 is 5.32 Å². The fraction of sp³-hybridized carbons (Fsp3) is 0.529. The molecule has 8 heteroatoms. The van der Waals surface area contributed by atoms with Gasteiger partial charge in [-0.25, -0.2) is 9.78 Å². The number of nitrogens with one attached hydrogen (secondary N) is 2. The smallest absolute Gasteiger partial charge is 0.321 e. The topological polar surface area (TPSA) is 93.1 Å². The predicted octanol–water partition coefficient (Wildman–Crippen LogP) is 1.82. The van der Waals surface area contributed by atoms with Crippen LogP contribution in [0.15, 0.2) is 11.1 Å². The van der Waals surface area contributed by atoms with Crippen molar-refractivity contribution in [2.24, 2.45) is 5.92 Å². The van der Waals surface area contributed by atoms with E-state index in [-0.39, 0.29) is 12.1 Å². The first-order chi connectivity index (χ1) is 12.0. The molecule has 7 nitrogen and oxygen atoms in total. The molecule has 0 spiro atoms. The van der Waals surface area contributed by atoms with Crippen molar-refractivity contribution in [1.29, 1.82) is 0 Å². The maximum Gasteiger partial charge on any atom is 0.321 e. The molecule has 1 aliphatic carbocycles. The third-order valence-corrected chi connectivity index (χ3v) is 5.55. The van der Waals surface area contributed by atoms with Gasteiger partial charge in [-0.2, -0.15) is 0 Å². The van der Waals surface area contributed by atoms with Crippen LogP contribution in [0.4, 0.5) is 4.79 Å². The minimum Gasteiger partial charge on any atom is -0.338 e. The number of urea groups is 1. The van der Waals surface area contributed by atoms with Crippen LogP contribution in [-0.2, 0) is 24.2 Å². The number of carbonyl (C=O) groups excluding carboxylic acids is 2. The molecule has 0 aliphatic heterocycles. The molecule has 2 heterocycles. The highest BCUT2D eigenvalue weighted by Crippen LogP contribution is 2.35. The van der Waals surface area contributed by atoms with Crippen LogP contribution in [0, 0.1) is 5.92 Å². The molecule has 3 rings (SSSR count). The van der Waals surface area contributed by atoms with Crippen molar-refractivity contribution in [2.75, 3.05) is 6.54 Å². The molecule has 0 radical (unpaired) electrons. The van der Waals surface area contributed by atoms with E-state index in [1.165, 1.54) is 15.8 Å². The summed E-state index contributed by atoms with van der Waals surface area (Å²) < 4.78 is 1.27. The van der Waals surface area contributed by atoms with Crippen molar-refractivity contribution in [3.8, 4) is 0 Å². The number of aromatic nitrogens is 2. The van der Waals surface area contributed by atoms with Gasteiger partial charge in [-0.3, -0.25) is 19.5 Å². The molecule has 0 fully saturated rings. The zero-order valence-corrected chi connectivity index (χ0v) is 15.2. The Bertz CT molecular complexity index is 871. The van der Waals surface area contributed by atoms with Gasteiger partial charge in [-0.05, 0) is 37.2 Å². The Labute approximate surface area is 149 Å². The van der Waals surface area contributed by atoms with Gasteiger partial charge >= 0.3 is 6.03 Å². The van der Waals surface area contributed by atoms with Gasteiger partial charge in [0.15, 0.2) is 0 Å². The molecular weight excluding hydrogens is 340 g/mol. The lowest BCUT2D eigenvalue weighted by Gasteiger charge is -2.17. The number of nitrogens with zero attached hydrogens (tertiary/aromatic N) is 2. The van der Waals surface area contributed by atoms with E-state index in [0.29, 0.717) is 17.8 Å². The summed E-state index contributed by atoms with van der Waals surface area (Å²) in [6.07, 6.45) is 5.09. The van der Waals surface area contributed by atoms with Crippen LogP contribution in [0.3, 0.4) is 0 Å². The van der Waals surface area contributed by atoms with Gasteiger partial charge in [0.1, 0.15) is 11.4 Å². The average Bonchev–Trinajstić information content (AvgIpc) is 2.93. The molecule has 2 aromatic rings. The maximum atomic E-state index is 12.8. The summed E-state index contributed by atoms with van der Waals surface area (Å²) in [7, 11) is 0. The highest BCUT2D eigenvalue weighted by Gasteiger charge is 2.23. The van der Waals surface area contributed by atoms with Crippen LogP contribution in [-0.4, -0.2) is 28.0 Å². The minimum absolute atomic E-state index is 0.207. The summed E-state index contributed by atoms with van der Waals surface area (Å²) in [4.78, 5) is 42.6. The number of hydrogen-bond donors (Lipinski definition) is 2. The second kappa shape index (κ2) is 7.35.